The van der Waals surface area contributed by atoms with Gasteiger partial charge in [-0.15, -0.1) is 0 Å². The molecule has 1 fully saturated rings. The summed E-state index contributed by atoms with van der Waals surface area (Å²) in [5, 5.41) is 0. The zero-order valence-corrected chi connectivity index (χ0v) is 16.9. The summed E-state index contributed by atoms with van der Waals surface area (Å²) in [4.78, 5) is 14.0. The maximum Gasteiger partial charge on any atom is 0.410 e. The Labute approximate surface area is 167 Å². The molecule has 0 aromatic heterocycles. The van der Waals surface area contributed by atoms with Gasteiger partial charge in [-0.3, -0.25) is 0 Å². The standard InChI is InChI=1S/C23H29NO4/c1-23(2,3)28-22(25)24-13-14-26-21(16-24)15-18-9-11-20(12-10-18)27-17-19-7-5-4-6-8-19/h4-12,21H,13-17H2,1-3H3. The van der Waals surface area contributed by atoms with Gasteiger partial charge < -0.3 is 19.1 Å². The first-order chi connectivity index (χ1) is 13.4. The van der Waals surface area contributed by atoms with E-state index in [-0.39, 0.29) is 12.2 Å². The Morgan fingerprint density at radius 1 is 1.07 bits per heavy atom. The van der Waals surface area contributed by atoms with E-state index in [0.29, 0.717) is 26.3 Å². The first-order valence-electron chi connectivity index (χ1n) is 9.74. The Morgan fingerprint density at radius 2 is 1.79 bits per heavy atom. The van der Waals surface area contributed by atoms with E-state index in [1.54, 1.807) is 4.90 Å². The van der Waals surface area contributed by atoms with Gasteiger partial charge in [-0.05, 0) is 44.0 Å². The molecule has 0 bridgehead atoms. The normalized spacial score (nSPS) is 17.2. The van der Waals surface area contributed by atoms with Crippen LogP contribution < -0.4 is 4.74 Å². The summed E-state index contributed by atoms with van der Waals surface area (Å²) >= 11 is 0. The highest BCUT2D eigenvalue weighted by molar-refractivity contribution is 5.68. The third-order valence-corrected chi connectivity index (χ3v) is 4.43. The van der Waals surface area contributed by atoms with E-state index in [2.05, 4.69) is 12.1 Å². The van der Waals surface area contributed by atoms with Crippen LogP contribution in [0.1, 0.15) is 31.9 Å². The van der Waals surface area contributed by atoms with Crippen molar-refractivity contribution in [3.05, 3.63) is 65.7 Å². The maximum atomic E-state index is 12.3. The van der Waals surface area contributed by atoms with Crippen LogP contribution in [0.2, 0.25) is 0 Å². The van der Waals surface area contributed by atoms with Crippen LogP contribution in [-0.4, -0.2) is 42.4 Å². The van der Waals surface area contributed by atoms with Crippen LogP contribution in [0.3, 0.4) is 0 Å². The van der Waals surface area contributed by atoms with Gasteiger partial charge in [-0.1, -0.05) is 42.5 Å². The molecule has 5 nitrogen and oxygen atoms in total. The van der Waals surface area contributed by atoms with Crippen molar-refractivity contribution in [3.8, 4) is 5.75 Å². The average molecular weight is 383 g/mol. The molecule has 2 aromatic carbocycles. The SMILES string of the molecule is CC(C)(C)OC(=O)N1CCOC(Cc2ccc(OCc3ccccc3)cc2)C1. The van der Waals surface area contributed by atoms with Crippen molar-refractivity contribution in [3.63, 3.8) is 0 Å². The molecule has 150 valence electrons. The van der Waals surface area contributed by atoms with Crippen molar-refractivity contribution in [2.45, 2.75) is 45.5 Å². The van der Waals surface area contributed by atoms with E-state index in [1.165, 1.54) is 0 Å². The van der Waals surface area contributed by atoms with E-state index in [4.69, 9.17) is 14.2 Å². The van der Waals surface area contributed by atoms with Gasteiger partial charge in [-0.25, -0.2) is 4.79 Å². The quantitative estimate of drug-likeness (QED) is 0.766. The van der Waals surface area contributed by atoms with Crippen LogP contribution in [0.4, 0.5) is 4.79 Å². The molecule has 1 amide bonds. The molecule has 0 saturated carbocycles. The molecule has 5 heteroatoms. The molecule has 1 aliphatic heterocycles. The molecule has 0 aliphatic carbocycles. The van der Waals surface area contributed by atoms with Crippen molar-refractivity contribution in [1.29, 1.82) is 0 Å². The number of morpholine rings is 1. The molecule has 1 atom stereocenters. The lowest BCUT2D eigenvalue weighted by atomic mass is 10.1. The van der Waals surface area contributed by atoms with Crippen LogP contribution in [0.15, 0.2) is 54.6 Å². The molecule has 1 unspecified atom stereocenters. The molecule has 0 spiro atoms. The van der Waals surface area contributed by atoms with Gasteiger partial charge in [0, 0.05) is 13.0 Å². The van der Waals surface area contributed by atoms with Gasteiger partial charge in [0.15, 0.2) is 0 Å². The highest BCUT2D eigenvalue weighted by Gasteiger charge is 2.28. The van der Waals surface area contributed by atoms with Gasteiger partial charge in [0.25, 0.3) is 0 Å². The summed E-state index contributed by atoms with van der Waals surface area (Å²) in [6.45, 7) is 7.83. The number of rotatable bonds is 5. The third kappa shape index (κ3) is 6.27. The summed E-state index contributed by atoms with van der Waals surface area (Å²) in [5.41, 5.74) is 1.81. The number of hydrogen-bond acceptors (Lipinski definition) is 4. The highest BCUT2D eigenvalue weighted by atomic mass is 16.6. The fourth-order valence-corrected chi connectivity index (χ4v) is 3.06. The predicted octanol–water partition coefficient (Wildman–Crippen LogP) is 4.44. The Bertz CT molecular complexity index is 752. The molecular weight excluding hydrogens is 354 g/mol. The number of carbonyl (C=O) groups excluding carboxylic acids is 1. The first-order valence-corrected chi connectivity index (χ1v) is 9.74. The molecular formula is C23H29NO4. The van der Waals surface area contributed by atoms with Crippen molar-refractivity contribution in [2.75, 3.05) is 19.7 Å². The second kappa shape index (κ2) is 9.11. The minimum Gasteiger partial charge on any atom is -0.489 e. The van der Waals surface area contributed by atoms with Gasteiger partial charge in [0.2, 0.25) is 0 Å². The lowest BCUT2D eigenvalue weighted by molar-refractivity contribution is -0.0415. The van der Waals surface area contributed by atoms with Gasteiger partial charge in [-0.2, -0.15) is 0 Å². The molecule has 28 heavy (non-hydrogen) atoms. The molecule has 1 saturated heterocycles. The number of amides is 1. The van der Waals surface area contributed by atoms with Gasteiger partial charge in [0.05, 0.1) is 19.3 Å². The summed E-state index contributed by atoms with van der Waals surface area (Å²) < 4.78 is 17.1. The smallest absolute Gasteiger partial charge is 0.410 e. The number of carbonyl (C=O) groups is 1. The molecule has 3 rings (SSSR count). The molecule has 1 heterocycles. The van der Waals surface area contributed by atoms with Crippen molar-refractivity contribution < 1.29 is 19.0 Å². The minimum absolute atomic E-state index is 0.0302. The molecule has 1 aliphatic rings. The number of nitrogens with zero attached hydrogens (tertiary/aromatic N) is 1. The number of hydrogen-bond donors (Lipinski definition) is 0. The van der Waals surface area contributed by atoms with Crippen molar-refractivity contribution >= 4 is 6.09 Å². The lowest BCUT2D eigenvalue weighted by Crippen LogP contribution is -2.48. The predicted molar refractivity (Wildman–Crippen MR) is 108 cm³/mol. The first kappa shape index (κ1) is 20.2. The highest BCUT2D eigenvalue weighted by Crippen LogP contribution is 2.18. The second-order valence-corrected chi connectivity index (χ2v) is 8.04. The Kier molecular flexibility index (Phi) is 6.57. The molecule has 0 N–H and O–H groups in total. The maximum absolute atomic E-state index is 12.3. The van der Waals surface area contributed by atoms with E-state index in [0.717, 1.165) is 23.3 Å². The Balaban J connectivity index is 1.50. The van der Waals surface area contributed by atoms with Crippen LogP contribution in [0.5, 0.6) is 5.75 Å². The van der Waals surface area contributed by atoms with E-state index in [9.17, 15) is 4.79 Å². The van der Waals surface area contributed by atoms with Crippen molar-refractivity contribution in [1.82, 2.24) is 4.90 Å². The van der Waals surface area contributed by atoms with Crippen LogP contribution in [-0.2, 0) is 22.5 Å². The minimum atomic E-state index is -0.486. The van der Waals surface area contributed by atoms with E-state index < -0.39 is 5.60 Å². The van der Waals surface area contributed by atoms with Crippen molar-refractivity contribution in [2.24, 2.45) is 0 Å². The topological polar surface area (TPSA) is 48.0 Å². The second-order valence-electron chi connectivity index (χ2n) is 8.04. The average Bonchev–Trinajstić information content (AvgIpc) is 2.67. The van der Waals surface area contributed by atoms with Crippen LogP contribution in [0, 0.1) is 0 Å². The van der Waals surface area contributed by atoms with E-state index >= 15 is 0 Å². The fraction of sp³-hybridized carbons (Fsp3) is 0.435. The van der Waals surface area contributed by atoms with Gasteiger partial charge >= 0.3 is 6.09 Å². The van der Waals surface area contributed by atoms with Crippen LogP contribution in [0.25, 0.3) is 0 Å². The summed E-state index contributed by atoms with van der Waals surface area (Å²) in [6, 6.07) is 18.2. The number of benzene rings is 2. The number of ether oxygens (including phenoxy) is 3. The van der Waals surface area contributed by atoms with E-state index in [1.807, 2.05) is 63.2 Å². The Hall–Kier alpha value is -2.53. The zero-order chi connectivity index (χ0) is 20.0. The van der Waals surface area contributed by atoms with Gasteiger partial charge in [0.1, 0.15) is 18.0 Å². The third-order valence-electron chi connectivity index (χ3n) is 4.43. The largest absolute Gasteiger partial charge is 0.489 e. The molecule has 0 radical (unpaired) electrons. The van der Waals surface area contributed by atoms with Crippen LogP contribution >= 0.6 is 0 Å². The summed E-state index contributed by atoms with van der Waals surface area (Å²) in [7, 11) is 0. The summed E-state index contributed by atoms with van der Waals surface area (Å²) in [5.74, 6) is 0.840. The molecule has 2 aromatic rings. The fourth-order valence-electron chi connectivity index (χ4n) is 3.06. The summed E-state index contributed by atoms with van der Waals surface area (Å²) in [6.07, 6.45) is 0.445. The zero-order valence-electron chi connectivity index (χ0n) is 16.9. The Morgan fingerprint density at radius 3 is 2.46 bits per heavy atom. The monoisotopic (exact) mass is 383 g/mol. The lowest BCUT2D eigenvalue weighted by Gasteiger charge is -2.34.